The highest BCUT2D eigenvalue weighted by Crippen LogP contribution is 2.40. The summed E-state index contributed by atoms with van der Waals surface area (Å²) in [6, 6.07) is 5.84. The smallest absolute Gasteiger partial charge is 0.223 e. The van der Waals surface area contributed by atoms with Gasteiger partial charge >= 0.3 is 0 Å². The van der Waals surface area contributed by atoms with Gasteiger partial charge in [0.15, 0.2) is 0 Å². The fraction of sp³-hybridized carbons (Fsp3) is 0.650. The molecule has 1 aromatic rings. The molecule has 3 rings (SSSR count). The molecule has 6 heteroatoms. The number of hydrogen-bond acceptors (Lipinski definition) is 4. The summed E-state index contributed by atoms with van der Waals surface area (Å²) in [7, 11) is 0. The number of likely N-dealkylation sites (tertiary alicyclic amines) is 2. The Bertz CT molecular complexity index is 615. The van der Waals surface area contributed by atoms with Crippen LogP contribution in [0.25, 0.3) is 0 Å². The highest BCUT2D eigenvalue weighted by Gasteiger charge is 2.41. The summed E-state index contributed by atoms with van der Waals surface area (Å²) >= 11 is 1.83. The molecule has 2 aliphatic heterocycles. The number of pyridine rings is 1. The number of rotatable bonds is 6. The zero-order chi connectivity index (χ0) is 18.4. The minimum atomic E-state index is 0.178. The number of thioether (sulfide) groups is 1. The maximum atomic E-state index is 12.4. The molecule has 0 atom stereocenters. The van der Waals surface area contributed by atoms with Crippen molar-refractivity contribution in [3.8, 4) is 0 Å². The summed E-state index contributed by atoms with van der Waals surface area (Å²) < 4.78 is 0. The van der Waals surface area contributed by atoms with Gasteiger partial charge in [-0.3, -0.25) is 14.6 Å². The van der Waals surface area contributed by atoms with Gasteiger partial charge < -0.3 is 9.80 Å². The normalized spacial score (nSPS) is 19.8. The van der Waals surface area contributed by atoms with Crippen molar-refractivity contribution in [2.75, 3.05) is 31.1 Å². The Balaban J connectivity index is 1.54. The fourth-order valence-corrected chi connectivity index (χ4v) is 4.64. The van der Waals surface area contributed by atoms with Gasteiger partial charge in [0.2, 0.25) is 11.8 Å². The number of amides is 2. The average molecular weight is 376 g/mol. The molecule has 0 aromatic carbocycles. The second-order valence-electron chi connectivity index (χ2n) is 7.40. The molecule has 2 saturated heterocycles. The molecule has 0 saturated carbocycles. The van der Waals surface area contributed by atoms with Crippen molar-refractivity contribution in [1.29, 1.82) is 0 Å². The van der Waals surface area contributed by atoms with Crippen molar-refractivity contribution in [3.63, 3.8) is 0 Å². The van der Waals surface area contributed by atoms with E-state index in [0.29, 0.717) is 19.4 Å². The van der Waals surface area contributed by atoms with Gasteiger partial charge in [0, 0.05) is 44.4 Å². The molecule has 0 radical (unpaired) electrons. The van der Waals surface area contributed by atoms with Crippen LogP contribution in [0.1, 0.15) is 44.7 Å². The Morgan fingerprint density at radius 3 is 2.77 bits per heavy atom. The molecule has 0 unspecified atom stereocenters. The standard InChI is InChI=1S/C20H29N3O2S/c1-2-26-14-7-19(25)22-12-9-20(10-13-22)8-6-18(24)23(16-20)15-17-5-3-4-11-21-17/h3-5,11H,2,6-10,12-16H2,1H3. The summed E-state index contributed by atoms with van der Waals surface area (Å²) in [5, 5.41) is 0. The first-order valence-corrected chi connectivity index (χ1v) is 10.8. The van der Waals surface area contributed by atoms with Crippen LogP contribution in [0.5, 0.6) is 0 Å². The van der Waals surface area contributed by atoms with Crippen molar-refractivity contribution in [3.05, 3.63) is 30.1 Å². The predicted octanol–water partition coefficient (Wildman–Crippen LogP) is 2.96. The third kappa shape index (κ3) is 4.78. The molecule has 1 aromatic heterocycles. The van der Waals surface area contributed by atoms with Crippen molar-refractivity contribution in [2.24, 2.45) is 5.41 Å². The zero-order valence-electron chi connectivity index (χ0n) is 15.7. The molecule has 5 nitrogen and oxygen atoms in total. The quantitative estimate of drug-likeness (QED) is 0.718. The van der Waals surface area contributed by atoms with Gasteiger partial charge in [0.25, 0.3) is 0 Å². The monoisotopic (exact) mass is 375 g/mol. The largest absolute Gasteiger partial charge is 0.343 e. The number of aromatic nitrogens is 1. The van der Waals surface area contributed by atoms with E-state index in [1.807, 2.05) is 39.8 Å². The summed E-state index contributed by atoms with van der Waals surface area (Å²) in [6.07, 6.45) is 6.01. The van der Waals surface area contributed by atoms with Crippen molar-refractivity contribution in [2.45, 2.75) is 45.6 Å². The summed E-state index contributed by atoms with van der Waals surface area (Å²) in [5.74, 6) is 2.51. The Morgan fingerprint density at radius 2 is 2.08 bits per heavy atom. The fourth-order valence-electron chi connectivity index (χ4n) is 4.03. The van der Waals surface area contributed by atoms with Gasteiger partial charge in [-0.05, 0) is 42.6 Å². The molecule has 0 N–H and O–H groups in total. The number of nitrogens with zero attached hydrogens (tertiary/aromatic N) is 3. The maximum Gasteiger partial charge on any atom is 0.223 e. The molecule has 26 heavy (non-hydrogen) atoms. The van der Waals surface area contributed by atoms with Crippen LogP contribution >= 0.6 is 11.8 Å². The van der Waals surface area contributed by atoms with E-state index in [1.54, 1.807) is 6.20 Å². The van der Waals surface area contributed by atoms with Crippen LogP contribution in [0.4, 0.5) is 0 Å². The second-order valence-corrected chi connectivity index (χ2v) is 8.79. The van der Waals surface area contributed by atoms with Gasteiger partial charge in [0.05, 0.1) is 12.2 Å². The van der Waals surface area contributed by atoms with E-state index in [-0.39, 0.29) is 17.2 Å². The van der Waals surface area contributed by atoms with E-state index in [4.69, 9.17) is 0 Å². The van der Waals surface area contributed by atoms with Crippen molar-refractivity contribution < 1.29 is 9.59 Å². The molecule has 142 valence electrons. The lowest BCUT2D eigenvalue weighted by Gasteiger charge is -2.47. The summed E-state index contributed by atoms with van der Waals surface area (Å²) in [4.78, 5) is 33.1. The molecular weight excluding hydrogens is 346 g/mol. The molecule has 2 fully saturated rings. The Kier molecular flexibility index (Phi) is 6.57. The van der Waals surface area contributed by atoms with Crippen LogP contribution in [0.2, 0.25) is 0 Å². The number of piperidine rings is 2. The third-order valence-corrected chi connectivity index (χ3v) is 6.57. The van der Waals surface area contributed by atoms with E-state index in [1.165, 1.54) is 0 Å². The Morgan fingerprint density at radius 1 is 1.27 bits per heavy atom. The Labute approximate surface area is 160 Å². The predicted molar refractivity (Wildman–Crippen MR) is 105 cm³/mol. The first-order valence-electron chi connectivity index (χ1n) is 9.65. The first kappa shape index (κ1) is 19.2. The highest BCUT2D eigenvalue weighted by atomic mass is 32.2. The minimum absolute atomic E-state index is 0.178. The van der Waals surface area contributed by atoms with E-state index in [0.717, 1.165) is 56.1 Å². The third-order valence-electron chi connectivity index (χ3n) is 5.67. The van der Waals surface area contributed by atoms with Crippen LogP contribution in [-0.4, -0.2) is 57.7 Å². The van der Waals surface area contributed by atoms with Gasteiger partial charge in [-0.2, -0.15) is 11.8 Å². The van der Waals surface area contributed by atoms with Crippen LogP contribution in [0, 0.1) is 5.41 Å². The highest BCUT2D eigenvalue weighted by molar-refractivity contribution is 7.99. The molecule has 0 bridgehead atoms. The second kappa shape index (κ2) is 8.89. The molecule has 0 aliphatic carbocycles. The van der Waals surface area contributed by atoms with Gasteiger partial charge in [-0.1, -0.05) is 13.0 Å². The Hall–Kier alpha value is -1.56. The van der Waals surface area contributed by atoms with Crippen LogP contribution < -0.4 is 0 Å². The van der Waals surface area contributed by atoms with Crippen LogP contribution in [-0.2, 0) is 16.1 Å². The van der Waals surface area contributed by atoms with E-state index >= 15 is 0 Å². The summed E-state index contributed by atoms with van der Waals surface area (Å²) in [5.41, 5.74) is 1.12. The van der Waals surface area contributed by atoms with Crippen molar-refractivity contribution >= 4 is 23.6 Å². The molecular formula is C20H29N3O2S. The lowest BCUT2D eigenvalue weighted by atomic mass is 9.72. The lowest BCUT2D eigenvalue weighted by molar-refractivity contribution is -0.143. The van der Waals surface area contributed by atoms with E-state index in [9.17, 15) is 9.59 Å². The molecule has 1 spiro atoms. The van der Waals surface area contributed by atoms with Crippen LogP contribution in [0.15, 0.2) is 24.4 Å². The van der Waals surface area contributed by atoms with Crippen molar-refractivity contribution in [1.82, 2.24) is 14.8 Å². The van der Waals surface area contributed by atoms with Gasteiger partial charge in [-0.15, -0.1) is 0 Å². The molecule has 2 aliphatic rings. The zero-order valence-corrected chi connectivity index (χ0v) is 16.5. The number of hydrogen-bond donors (Lipinski definition) is 0. The number of carbonyl (C=O) groups is 2. The van der Waals surface area contributed by atoms with E-state index in [2.05, 4.69) is 11.9 Å². The molecule has 3 heterocycles. The maximum absolute atomic E-state index is 12.4. The topological polar surface area (TPSA) is 53.5 Å². The summed E-state index contributed by atoms with van der Waals surface area (Å²) in [6.45, 7) is 5.19. The number of carbonyl (C=O) groups excluding carboxylic acids is 2. The lowest BCUT2D eigenvalue weighted by Crippen LogP contribution is -2.52. The SMILES string of the molecule is CCSCCC(=O)N1CCC2(CCC(=O)N(Cc3ccccn3)C2)CC1. The van der Waals surface area contributed by atoms with E-state index < -0.39 is 0 Å². The first-order chi connectivity index (χ1) is 12.6. The molecule has 2 amide bonds. The average Bonchev–Trinajstić information content (AvgIpc) is 2.66. The minimum Gasteiger partial charge on any atom is -0.343 e. The van der Waals surface area contributed by atoms with Gasteiger partial charge in [0.1, 0.15) is 0 Å². The van der Waals surface area contributed by atoms with Gasteiger partial charge in [-0.25, -0.2) is 0 Å². The van der Waals surface area contributed by atoms with Crippen LogP contribution in [0.3, 0.4) is 0 Å².